The van der Waals surface area contributed by atoms with Crippen molar-refractivity contribution in [1.82, 2.24) is 19.5 Å². The molecule has 9 heteroatoms. The molecule has 2 heterocycles. The SMILES string of the molecule is CI.Cn1cnc2cc(Br)ccc2c1=O.O=c1[nH]cnc2cc(Br)ccc12. The van der Waals surface area contributed by atoms with Gasteiger partial charge in [0.05, 0.1) is 34.5 Å². The average Bonchev–Trinajstić information content (AvgIpc) is 2.67. The van der Waals surface area contributed by atoms with Gasteiger partial charge in [-0.1, -0.05) is 54.5 Å². The molecule has 0 saturated carbocycles. The molecule has 0 aliphatic rings. The minimum atomic E-state index is -0.104. The molecule has 4 aromatic rings. The zero-order valence-corrected chi connectivity index (χ0v) is 19.7. The van der Waals surface area contributed by atoms with Gasteiger partial charge in [0.15, 0.2) is 0 Å². The third-order valence-corrected chi connectivity index (χ3v) is 4.47. The summed E-state index contributed by atoms with van der Waals surface area (Å²) in [6.07, 6.45) is 2.92. The Morgan fingerprint density at radius 2 is 1.48 bits per heavy atom. The van der Waals surface area contributed by atoms with Gasteiger partial charge in [-0.2, -0.15) is 0 Å². The van der Waals surface area contributed by atoms with Crippen molar-refractivity contribution in [2.75, 3.05) is 4.93 Å². The van der Waals surface area contributed by atoms with Crippen molar-refractivity contribution in [1.29, 1.82) is 0 Å². The van der Waals surface area contributed by atoms with Crippen LogP contribution in [0.25, 0.3) is 21.8 Å². The van der Waals surface area contributed by atoms with E-state index in [0.717, 1.165) is 14.5 Å². The third-order valence-electron chi connectivity index (χ3n) is 3.48. The number of hydrogen-bond donors (Lipinski definition) is 1. The van der Waals surface area contributed by atoms with E-state index in [-0.39, 0.29) is 11.1 Å². The van der Waals surface area contributed by atoms with Gasteiger partial charge in [-0.25, -0.2) is 9.97 Å². The van der Waals surface area contributed by atoms with Gasteiger partial charge in [0.2, 0.25) is 0 Å². The van der Waals surface area contributed by atoms with Crippen LogP contribution in [0.4, 0.5) is 0 Å². The molecule has 0 atom stereocenters. The second-order valence-corrected chi connectivity index (χ2v) is 7.05. The van der Waals surface area contributed by atoms with E-state index in [4.69, 9.17) is 0 Å². The lowest BCUT2D eigenvalue weighted by molar-refractivity contribution is 0.843. The van der Waals surface area contributed by atoms with E-state index in [2.05, 4.69) is 69.4 Å². The molecule has 0 radical (unpaired) electrons. The predicted octanol–water partition coefficient (Wildman–Crippen LogP) is 4.43. The highest BCUT2D eigenvalue weighted by Crippen LogP contribution is 2.15. The van der Waals surface area contributed by atoms with Crippen LogP contribution in [0.2, 0.25) is 0 Å². The zero-order chi connectivity index (χ0) is 20.0. The number of nitrogens with one attached hydrogen (secondary N) is 1. The number of aromatic amines is 1. The van der Waals surface area contributed by atoms with Crippen LogP contribution in [0.1, 0.15) is 0 Å². The number of fused-ring (bicyclic) bond motifs is 2. The molecular weight excluding hydrogens is 591 g/mol. The summed E-state index contributed by atoms with van der Waals surface area (Å²) in [7, 11) is 1.69. The van der Waals surface area contributed by atoms with Crippen LogP contribution >= 0.6 is 54.5 Å². The summed E-state index contributed by atoms with van der Waals surface area (Å²) < 4.78 is 3.32. The fourth-order valence-electron chi connectivity index (χ4n) is 2.23. The standard InChI is InChI=1S/C9H7BrN2O.C8H5BrN2O.CH3I/c1-12-5-11-8-4-6(10)2-3-7(8)9(12)13;9-5-1-2-6-7(3-5)10-4-11-8(6)12;1-2/h2-5H,1H3;1-4H,(H,10,11,12);1H3. The maximum absolute atomic E-state index is 11.5. The minimum absolute atomic E-state index is 0.0162. The molecule has 0 spiro atoms. The topological polar surface area (TPSA) is 80.6 Å². The van der Waals surface area contributed by atoms with E-state index in [1.165, 1.54) is 17.2 Å². The predicted molar refractivity (Wildman–Crippen MR) is 125 cm³/mol. The second kappa shape index (κ2) is 10.1. The number of hydrogen-bond acceptors (Lipinski definition) is 4. The molecule has 2 aromatic carbocycles. The van der Waals surface area contributed by atoms with Crippen LogP contribution in [0.15, 0.2) is 67.6 Å². The van der Waals surface area contributed by atoms with Crippen LogP contribution in [0, 0.1) is 0 Å². The van der Waals surface area contributed by atoms with Gasteiger partial charge >= 0.3 is 0 Å². The van der Waals surface area contributed by atoms with Gasteiger partial charge in [0, 0.05) is 16.0 Å². The molecule has 0 bridgehead atoms. The molecule has 2 aromatic heterocycles. The normalized spacial score (nSPS) is 9.96. The van der Waals surface area contributed by atoms with Crippen molar-refractivity contribution in [3.8, 4) is 0 Å². The number of H-pyrrole nitrogens is 1. The second-order valence-electron chi connectivity index (χ2n) is 5.22. The first-order valence-corrected chi connectivity index (χ1v) is 11.3. The van der Waals surface area contributed by atoms with Crippen LogP contribution < -0.4 is 11.1 Å². The molecule has 1 N–H and O–H groups in total. The van der Waals surface area contributed by atoms with Gasteiger partial charge in [0.1, 0.15) is 0 Å². The summed E-state index contributed by atoms with van der Waals surface area (Å²) >= 11 is 8.78. The molecule has 0 fully saturated rings. The molecular formula is C18H15Br2IN4O2. The molecule has 0 amide bonds. The zero-order valence-electron chi connectivity index (χ0n) is 14.4. The van der Waals surface area contributed by atoms with Crippen molar-refractivity contribution >= 4 is 76.3 Å². The lowest BCUT2D eigenvalue weighted by Gasteiger charge is -1.99. The van der Waals surface area contributed by atoms with Crippen molar-refractivity contribution in [3.63, 3.8) is 0 Å². The third kappa shape index (κ3) is 5.45. The fourth-order valence-corrected chi connectivity index (χ4v) is 2.92. The smallest absolute Gasteiger partial charge is 0.260 e. The molecule has 0 unspecified atom stereocenters. The Bertz CT molecular complexity index is 1190. The van der Waals surface area contributed by atoms with Gasteiger partial charge in [-0.05, 0) is 41.3 Å². The Morgan fingerprint density at radius 3 is 2.11 bits per heavy atom. The summed E-state index contributed by atoms with van der Waals surface area (Å²) in [5.74, 6) is 0. The van der Waals surface area contributed by atoms with E-state index in [0.29, 0.717) is 16.3 Å². The highest BCUT2D eigenvalue weighted by Gasteiger charge is 2.01. The van der Waals surface area contributed by atoms with E-state index in [9.17, 15) is 9.59 Å². The molecule has 4 rings (SSSR count). The summed E-state index contributed by atoms with van der Waals surface area (Å²) in [6.45, 7) is 0. The number of nitrogens with zero attached hydrogens (tertiary/aromatic N) is 3. The molecule has 6 nitrogen and oxygen atoms in total. The van der Waals surface area contributed by atoms with Crippen molar-refractivity contribution in [2.24, 2.45) is 7.05 Å². The van der Waals surface area contributed by atoms with Gasteiger partial charge in [-0.15, -0.1) is 0 Å². The first kappa shape index (κ1) is 21.7. The number of alkyl halides is 1. The summed E-state index contributed by atoms with van der Waals surface area (Å²) in [5, 5.41) is 1.26. The van der Waals surface area contributed by atoms with E-state index in [1.807, 2.05) is 29.2 Å². The molecule has 27 heavy (non-hydrogen) atoms. The Labute approximate surface area is 185 Å². The lowest BCUT2D eigenvalue weighted by atomic mass is 10.2. The number of rotatable bonds is 0. The van der Waals surface area contributed by atoms with E-state index in [1.54, 1.807) is 19.2 Å². The van der Waals surface area contributed by atoms with Gasteiger partial charge in [0.25, 0.3) is 11.1 Å². The van der Waals surface area contributed by atoms with E-state index >= 15 is 0 Å². The van der Waals surface area contributed by atoms with Crippen LogP contribution in [0.5, 0.6) is 0 Å². The fraction of sp³-hybridized carbons (Fsp3) is 0.111. The highest BCUT2D eigenvalue weighted by molar-refractivity contribution is 14.1. The van der Waals surface area contributed by atoms with Gasteiger partial charge in [-0.3, -0.25) is 9.59 Å². The van der Waals surface area contributed by atoms with Crippen LogP contribution in [0.3, 0.4) is 0 Å². The maximum Gasteiger partial charge on any atom is 0.260 e. The molecule has 0 aliphatic carbocycles. The Morgan fingerprint density at radius 1 is 0.926 bits per heavy atom. The van der Waals surface area contributed by atoms with Crippen molar-refractivity contribution in [2.45, 2.75) is 0 Å². The number of benzene rings is 2. The van der Waals surface area contributed by atoms with E-state index < -0.39 is 0 Å². The Hall–Kier alpha value is -1.59. The number of halogens is 3. The average molecular weight is 606 g/mol. The number of aryl methyl sites for hydroxylation is 1. The monoisotopic (exact) mass is 604 g/mol. The minimum Gasteiger partial charge on any atom is -0.313 e. The lowest BCUT2D eigenvalue weighted by Crippen LogP contribution is -2.16. The summed E-state index contributed by atoms with van der Waals surface area (Å²) in [4.78, 5) is 35.4. The molecule has 140 valence electrons. The van der Waals surface area contributed by atoms with Crippen molar-refractivity contribution < 1.29 is 0 Å². The first-order chi connectivity index (χ1) is 13.0. The van der Waals surface area contributed by atoms with Crippen LogP contribution in [-0.4, -0.2) is 24.4 Å². The summed E-state index contributed by atoms with van der Waals surface area (Å²) in [5.41, 5.74) is 1.30. The quantitative estimate of drug-likeness (QED) is 0.238. The van der Waals surface area contributed by atoms with Gasteiger partial charge < -0.3 is 9.55 Å². The first-order valence-electron chi connectivity index (χ1n) is 7.57. The molecule has 0 saturated heterocycles. The molecule has 0 aliphatic heterocycles. The maximum atomic E-state index is 11.5. The number of aromatic nitrogens is 4. The van der Waals surface area contributed by atoms with Crippen LogP contribution in [-0.2, 0) is 7.05 Å². The van der Waals surface area contributed by atoms with Crippen molar-refractivity contribution in [3.05, 3.63) is 78.7 Å². The summed E-state index contributed by atoms with van der Waals surface area (Å²) in [6, 6.07) is 10.8. The Kier molecular flexibility index (Phi) is 8.11. The highest BCUT2D eigenvalue weighted by atomic mass is 127. The Balaban J connectivity index is 0.000000178. The largest absolute Gasteiger partial charge is 0.313 e.